The minimum absolute atomic E-state index is 0.0247. The number of halogens is 2. The summed E-state index contributed by atoms with van der Waals surface area (Å²) in [5, 5.41) is 5.15. The largest absolute Gasteiger partial charge is 0.383 e. The summed E-state index contributed by atoms with van der Waals surface area (Å²) in [5.74, 6) is 0.239. The average Bonchev–Trinajstić information content (AvgIpc) is 2.75. The van der Waals surface area contributed by atoms with E-state index >= 15 is 0 Å². The van der Waals surface area contributed by atoms with Crippen LogP contribution in [0.4, 0.5) is 5.82 Å². The van der Waals surface area contributed by atoms with Gasteiger partial charge in [-0.25, -0.2) is 4.98 Å². The zero-order valence-corrected chi connectivity index (χ0v) is 20.6. The van der Waals surface area contributed by atoms with Crippen molar-refractivity contribution in [1.29, 1.82) is 0 Å². The van der Waals surface area contributed by atoms with E-state index in [2.05, 4.69) is 24.1 Å². The van der Waals surface area contributed by atoms with Crippen LogP contribution in [0.25, 0.3) is 22.0 Å². The standard InChI is InChI=1S/C26H29Cl2N3O2/c1-15(25(32)30-19-9-10-33-26(2,3)14-19)11-18-13-17-12-16(7-8-22(17)31-24(18)29)20-5-4-6-21(27)23(20)28/h4-8,12-13,15,19H,9-11,14H2,1-3H3,(H2,29,31)(H,30,32). The van der Waals surface area contributed by atoms with Gasteiger partial charge in [-0.1, -0.05) is 48.3 Å². The van der Waals surface area contributed by atoms with Crippen molar-refractivity contribution in [2.24, 2.45) is 5.92 Å². The van der Waals surface area contributed by atoms with Gasteiger partial charge in [0.15, 0.2) is 0 Å². The lowest BCUT2D eigenvalue weighted by Gasteiger charge is -2.36. The fraction of sp³-hybridized carbons (Fsp3) is 0.385. The van der Waals surface area contributed by atoms with E-state index in [1.807, 2.05) is 43.3 Å². The molecule has 33 heavy (non-hydrogen) atoms. The number of fused-ring (bicyclic) bond motifs is 1. The van der Waals surface area contributed by atoms with Crippen molar-refractivity contribution in [3.63, 3.8) is 0 Å². The first-order valence-electron chi connectivity index (χ1n) is 11.2. The Morgan fingerprint density at radius 3 is 2.82 bits per heavy atom. The van der Waals surface area contributed by atoms with Crippen LogP contribution in [0.5, 0.6) is 0 Å². The summed E-state index contributed by atoms with van der Waals surface area (Å²) >= 11 is 12.6. The molecule has 2 heterocycles. The zero-order valence-electron chi connectivity index (χ0n) is 19.1. The molecule has 1 amide bonds. The molecule has 0 spiro atoms. The fourth-order valence-electron chi connectivity index (χ4n) is 4.41. The topological polar surface area (TPSA) is 77.2 Å². The molecule has 1 aliphatic rings. The summed E-state index contributed by atoms with van der Waals surface area (Å²) in [7, 11) is 0. The Labute approximate surface area is 204 Å². The second-order valence-corrected chi connectivity index (χ2v) is 10.2. The van der Waals surface area contributed by atoms with Gasteiger partial charge in [-0.2, -0.15) is 0 Å². The maximum atomic E-state index is 12.9. The van der Waals surface area contributed by atoms with Gasteiger partial charge in [0.25, 0.3) is 0 Å². The molecule has 1 aromatic heterocycles. The highest BCUT2D eigenvalue weighted by atomic mass is 35.5. The second-order valence-electron chi connectivity index (χ2n) is 9.45. The predicted octanol–water partition coefficient (Wildman–Crippen LogP) is 6.04. The Morgan fingerprint density at radius 2 is 2.06 bits per heavy atom. The minimum atomic E-state index is -0.233. The molecule has 2 unspecified atom stereocenters. The number of nitrogens with zero attached hydrogens (tertiary/aromatic N) is 1. The molecule has 0 bridgehead atoms. The van der Waals surface area contributed by atoms with Crippen LogP contribution in [-0.4, -0.2) is 29.1 Å². The van der Waals surface area contributed by atoms with Gasteiger partial charge in [0, 0.05) is 29.5 Å². The highest BCUT2D eigenvalue weighted by Crippen LogP contribution is 2.35. The molecule has 3 N–H and O–H groups in total. The number of hydrogen-bond acceptors (Lipinski definition) is 4. The second kappa shape index (κ2) is 9.49. The molecular formula is C26H29Cl2N3O2. The average molecular weight is 486 g/mol. The Bertz CT molecular complexity index is 1200. The normalized spacial score (nSPS) is 18.8. The predicted molar refractivity (Wildman–Crippen MR) is 136 cm³/mol. The Balaban J connectivity index is 1.54. The van der Waals surface area contributed by atoms with E-state index < -0.39 is 0 Å². The molecule has 2 aromatic carbocycles. The smallest absolute Gasteiger partial charge is 0.223 e. The third-order valence-electron chi connectivity index (χ3n) is 6.21. The summed E-state index contributed by atoms with van der Waals surface area (Å²) in [4.78, 5) is 17.4. The fourth-order valence-corrected chi connectivity index (χ4v) is 4.82. The highest BCUT2D eigenvalue weighted by molar-refractivity contribution is 6.43. The number of anilines is 1. The molecule has 4 rings (SSSR count). The van der Waals surface area contributed by atoms with Crippen molar-refractivity contribution in [3.05, 3.63) is 58.1 Å². The van der Waals surface area contributed by atoms with Gasteiger partial charge in [0.2, 0.25) is 5.91 Å². The van der Waals surface area contributed by atoms with Crippen LogP contribution in [0.1, 0.15) is 39.2 Å². The molecule has 0 radical (unpaired) electrons. The van der Waals surface area contributed by atoms with Crippen molar-refractivity contribution in [2.75, 3.05) is 12.3 Å². The van der Waals surface area contributed by atoms with Crippen molar-refractivity contribution in [3.8, 4) is 11.1 Å². The first-order valence-corrected chi connectivity index (χ1v) is 12.0. The molecule has 1 saturated heterocycles. The number of carbonyl (C=O) groups excluding carboxylic acids is 1. The third-order valence-corrected chi connectivity index (χ3v) is 7.03. The van der Waals surface area contributed by atoms with Gasteiger partial charge in [-0.3, -0.25) is 4.79 Å². The van der Waals surface area contributed by atoms with Crippen molar-refractivity contribution in [2.45, 2.75) is 51.7 Å². The van der Waals surface area contributed by atoms with E-state index in [0.29, 0.717) is 28.9 Å². The molecule has 7 heteroatoms. The molecule has 5 nitrogen and oxygen atoms in total. The molecule has 174 valence electrons. The number of ether oxygens (including phenoxy) is 1. The number of aromatic nitrogens is 1. The van der Waals surface area contributed by atoms with Crippen LogP contribution in [0.3, 0.4) is 0 Å². The van der Waals surface area contributed by atoms with Gasteiger partial charge >= 0.3 is 0 Å². The zero-order chi connectivity index (χ0) is 23.8. The van der Waals surface area contributed by atoms with Crippen molar-refractivity contribution < 1.29 is 9.53 Å². The number of pyridine rings is 1. The number of nitrogens with two attached hydrogens (primary N) is 1. The van der Waals surface area contributed by atoms with Crippen LogP contribution < -0.4 is 11.1 Å². The number of nitrogens with one attached hydrogen (secondary N) is 1. The van der Waals surface area contributed by atoms with Gasteiger partial charge in [0.05, 0.1) is 21.2 Å². The summed E-state index contributed by atoms with van der Waals surface area (Å²) in [6.07, 6.45) is 2.14. The molecule has 1 aliphatic heterocycles. The summed E-state index contributed by atoms with van der Waals surface area (Å²) in [6, 6.07) is 13.6. The molecule has 0 saturated carbocycles. The maximum absolute atomic E-state index is 12.9. The van der Waals surface area contributed by atoms with E-state index in [1.54, 1.807) is 6.07 Å². The lowest BCUT2D eigenvalue weighted by molar-refractivity contribution is -0.127. The lowest BCUT2D eigenvalue weighted by atomic mass is 9.92. The first-order chi connectivity index (χ1) is 15.6. The summed E-state index contributed by atoms with van der Waals surface area (Å²) < 4.78 is 5.75. The Kier molecular flexibility index (Phi) is 6.85. The first kappa shape index (κ1) is 23.8. The van der Waals surface area contributed by atoms with Crippen LogP contribution in [0.2, 0.25) is 10.0 Å². The van der Waals surface area contributed by atoms with Gasteiger partial charge in [-0.05, 0) is 68.5 Å². The number of nitrogen functional groups attached to an aromatic ring is 1. The van der Waals surface area contributed by atoms with Crippen LogP contribution in [-0.2, 0) is 16.0 Å². The lowest BCUT2D eigenvalue weighted by Crippen LogP contribution is -2.47. The summed E-state index contributed by atoms with van der Waals surface area (Å²) in [6.45, 7) is 6.69. The molecule has 2 atom stereocenters. The number of hydrogen-bond donors (Lipinski definition) is 2. The van der Waals surface area contributed by atoms with Crippen molar-refractivity contribution >= 4 is 45.8 Å². The number of carbonyl (C=O) groups is 1. The SMILES string of the molecule is CC(Cc1cc2cc(-c3cccc(Cl)c3Cl)ccc2nc1N)C(=O)NC1CCOC(C)(C)C1. The molecule has 3 aromatic rings. The number of rotatable bonds is 5. The van der Waals surface area contributed by atoms with E-state index in [4.69, 9.17) is 33.7 Å². The van der Waals surface area contributed by atoms with E-state index in [1.165, 1.54) is 0 Å². The molecule has 0 aliphatic carbocycles. The monoisotopic (exact) mass is 485 g/mol. The third kappa shape index (κ3) is 5.43. The van der Waals surface area contributed by atoms with Gasteiger partial charge in [-0.15, -0.1) is 0 Å². The molecular weight excluding hydrogens is 457 g/mol. The maximum Gasteiger partial charge on any atom is 0.223 e. The van der Waals surface area contributed by atoms with E-state index in [-0.39, 0.29) is 23.5 Å². The van der Waals surface area contributed by atoms with Crippen LogP contribution >= 0.6 is 23.2 Å². The van der Waals surface area contributed by atoms with E-state index in [0.717, 1.165) is 40.4 Å². The minimum Gasteiger partial charge on any atom is -0.383 e. The Morgan fingerprint density at radius 1 is 1.27 bits per heavy atom. The van der Waals surface area contributed by atoms with E-state index in [9.17, 15) is 4.79 Å². The van der Waals surface area contributed by atoms with Gasteiger partial charge in [0.1, 0.15) is 5.82 Å². The highest BCUT2D eigenvalue weighted by Gasteiger charge is 2.30. The number of benzene rings is 2. The van der Waals surface area contributed by atoms with Crippen LogP contribution in [0.15, 0.2) is 42.5 Å². The summed E-state index contributed by atoms with van der Waals surface area (Å²) in [5.41, 5.74) is 9.49. The Hall–Kier alpha value is -2.34. The van der Waals surface area contributed by atoms with Crippen LogP contribution in [0, 0.1) is 5.92 Å². The molecule has 1 fully saturated rings. The number of amides is 1. The van der Waals surface area contributed by atoms with Crippen molar-refractivity contribution in [1.82, 2.24) is 10.3 Å². The quantitative estimate of drug-likeness (QED) is 0.461. The van der Waals surface area contributed by atoms with Gasteiger partial charge < -0.3 is 15.8 Å².